The molecule has 2 heterocycles. The van der Waals surface area contributed by atoms with Crippen molar-refractivity contribution in [1.82, 2.24) is 21.3 Å². The molecule has 8 nitrogen and oxygen atoms in total. The normalized spacial score (nSPS) is 20.1. The second kappa shape index (κ2) is 5.52. The molecule has 0 amide bonds. The van der Waals surface area contributed by atoms with Crippen LogP contribution in [-0.2, 0) is 4.94 Å². The van der Waals surface area contributed by atoms with Crippen LogP contribution in [0.4, 0.5) is 0 Å². The summed E-state index contributed by atoms with van der Waals surface area (Å²) in [6, 6.07) is 0. The predicted molar refractivity (Wildman–Crippen MR) is 57.7 cm³/mol. The van der Waals surface area contributed by atoms with Gasteiger partial charge in [0.2, 0.25) is 11.9 Å². The molecule has 0 saturated carbocycles. The van der Waals surface area contributed by atoms with E-state index in [0.29, 0.717) is 30.2 Å². The van der Waals surface area contributed by atoms with E-state index in [1.54, 1.807) is 0 Å². The van der Waals surface area contributed by atoms with E-state index >= 15 is 0 Å². The van der Waals surface area contributed by atoms with Crippen LogP contribution < -0.4 is 16.1 Å². The molecule has 2 aliphatic rings. The van der Waals surface area contributed by atoms with E-state index in [9.17, 15) is 5.21 Å². The Hall–Kier alpha value is -1.54. The summed E-state index contributed by atoms with van der Waals surface area (Å²) in [6.45, 7) is 2.94. The summed E-state index contributed by atoms with van der Waals surface area (Å²) < 4.78 is 0. The fourth-order valence-corrected chi connectivity index (χ4v) is 1.40. The predicted octanol–water partition coefficient (Wildman–Crippen LogP) is -1.19. The first-order valence-electron chi connectivity index (χ1n) is 5.35. The Labute approximate surface area is 93.3 Å². The summed E-state index contributed by atoms with van der Waals surface area (Å²) in [5.41, 5.74) is 2.49. The van der Waals surface area contributed by atoms with Gasteiger partial charge in [-0.2, -0.15) is 0 Å². The van der Waals surface area contributed by atoms with E-state index < -0.39 is 0 Å². The third kappa shape index (κ3) is 2.97. The highest BCUT2D eigenvalue weighted by atomic mass is 17.0. The molecular weight excluding hydrogens is 212 g/mol. The van der Waals surface area contributed by atoms with Gasteiger partial charge in [-0.15, -0.1) is 4.94 Å². The van der Waals surface area contributed by atoms with Crippen molar-refractivity contribution in [3.8, 4) is 0 Å². The summed E-state index contributed by atoms with van der Waals surface area (Å²) >= 11 is 0. The van der Waals surface area contributed by atoms with Gasteiger partial charge >= 0.3 is 0 Å². The quantitative estimate of drug-likeness (QED) is 0.444. The number of aliphatic imine (C=N–C) groups is 2. The number of hydrogen-bond acceptors (Lipinski definition) is 8. The van der Waals surface area contributed by atoms with Gasteiger partial charge in [0.15, 0.2) is 0 Å². The zero-order valence-corrected chi connectivity index (χ0v) is 8.94. The number of nitrogens with zero attached hydrogens (tertiary/aromatic N) is 3. The number of rotatable bonds is 2. The molecule has 2 rings (SSSR count). The highest BCUT2D eigenvalue weighted by Gasteiger charge is 2.13. The van der Waals surface area contributed by atoms with Crippen molar-refractivity contribution in [2.45, 2.75) is 12.8 Å². The summed E-state index contributed by atoms with van der Waals surface area (Å²) in [4.78, 5) is 13.0. The molecule has 0 spiro atoms. The smallest absolute Gasteiger partial charge is 0.249 e. The second-order valence-corrected chi connectivity index (χ2v) is 3.46. The highest BCUT2D eigenvalue weighted by molar-refractivity contribution is 5.81. The van der Waals surface area contributed by atoms with Gasteiger partial charge in [-0.1, -0.05) is 5.23 Å². The Kier molecular flexibility index (Phi) is 3.78. The van der Waals surface area contributed by atoms with Crippen LogP contribution in [-0.4, -0.2) is 48.5 Å². The monoisotopic (exact) mass is 228 g/mol. The minimum Gasteiger partial charge on any atom is -0.353 e. The fourth-order valence-electron chi connectivity index (χ4n) is 1.40. The van der Waals surface area contributed by atoms with Crippen molar-refractivity contribution in [2.24, 2.45) is 9.98 Å². The molecule has 0 radical (unpaired) electrons. The Morgan fingerprint density at radius 3 is 2.94 bits per heavy atom. The summed E-state index contributed by atoms with van der Waals surface area (Å²) in [6.07, 6.45) is 2.04. The maximum atomic E-state index is 9.53. The lowest BCUT2D eigenvalue weighted by Gasteiger charge is -2.17. The molecular formula is C8H16N6O2. The lowest BCUT2D eigenvalue weighted by atomic mass is 10.3. The SMILES string of the molecule is ON(ONC1=NCCN1)C1=NCCCCN1. The van der Waals surface area contributed by atoms with E-state index in [1.165, 1.54) is 0 Å². The Morgan fingerprint density at radius 1 is 1.19 bits per heavy atom. The van der Waals surface area contributed by atoms with Crippen LogP contribution in [0.2, 0.25) is 0 Å². The average molecular weight is 228 g/mol. The molecule has 0 aromatic heterocycles. The third-order valence-corrected chi connectivity index (χ3v) is 2.21. The highest BCUT2D eigenvalue weighted by Crippen LogP contribution is 1.96. The fraction of sp³-hybridized carbons (Fsp3) is 0.750. The van der Waals surface area contributed by atoms with E-state index in [-0.39, 0.29) is 0 Å². The first kappa shape index (κ1) is 11.0. The molecule has 0 saturated heterocycles. The van der Waals surface area contributed by atoms with E-state index in [0.717, 1.165) is 25.9 Å². The molecule has 0 bridgehead atoms. The van der Waals surface area contributed by atoms with Crippen molar-refractivity contribution in [3.05, 3.63) is 0 Å². The summed E-state index contributed by atoms with van der Waals surface area (Å²) in [5, 5.41) is 16.0. The Balaban J connectivity index is 1.77. The first-order chi connectivity index (χ1) is 7.86. The van der Waals surface area contributed by atoms with Gasteiger partial charge in [0, 0.05) is 19.6 Å². The van der Waals surface area contributed by atoms with Gasteiger partial charge in [0.05, 0.1) is 6.54 Å². The van der Waals surface area contributed by atoms with Crippen LogP contribution in [0.1, 0.15) is 12.8 Å². The van der Waals surface area contributed by atoms with Crippen molar-refractivity contribution in [1.29, 1.82) is 0 Å². The molecule has 4 N–H and O–H groups in total. The maximum Gasteiger partial charge on any atom is 0.249 e. The van der Waals surface area contributed by atoms with Crippen LogP contribution >= 0.6 is 0 Å². The second-order valence-electron chi connectivity index (χ2n) is 3.46. The van der Waals surface area contributed by atoms with Gasteiger partial charge in [-0.05, 0) is 12.8 Å². The van der Waals surface area contributed by atoms with E-state index in [2.05, 4.69) is 26.1 Å². The van der Waals surface area contributed by atoms with Crippen molar-refractivity contribution < 1.29 is 10.1 Å². The minimum absolute atomic E-state index is 0.309. The summed E-state index contributed by atoms with van der Waals surface area (Å²) in [7, 11) is 0. The van der Waals surface area contributed by atoms with Crippen LogP contribution in [0, 0.1) is 0 Å². The van der Waals surface area contributed by atoms with Crippen LogP contribution in [0.25, 0.3) is 0 Å². The molecule has 0 atom stereocenters. The van der Waals surface area contributed by atoms with Crippen molar-refractivity contribution >= 4 is 11.9 Å². The van der Waals surface area contributed by atoms with Crippen LogP contribution in [0.15, 0.2) is 9.98 Å². The number of hydroxylamine groups is 3. The average Bonchev–Trinajstić information content (AvgIpc) is 2.66. The van der Waals surface area contributed by atoms with Crippen LogP contribution in [0.3, 0.4) is 0 Å². The minimum atomic E-state index is 0.309. The van der Waals surface area contributed by atoms with Crippen molar-refractivity contribution in [3.63, 3.8) is 0 Å². The van der Waals surface area contributed by atoms with E-state index in [1.807, 2.05) is 0 Å². The number of hydrogen-bond donors (Lipinski definition) is 4. The Morgan fingerprint density at radius 2 is 2.12 bits per heavy atom. The largest absolute Gasteiger partial charge is 0.353 e. The molecule has 0 fully saturated rings. The zero-order valence-electron chi connectivity index (χ0n) is 8.94. The van der Waals surface area contributed by atoms with Gasteiger partial charge in [0.1, 0.15) is 0 Å². The molecule has 0 aliphatic carbocycles. The number of guanidine groups is 2. The lowest BCUT2D eigenvalue weighted by molar-refractivity contribution is -0.308. The molecule has 0 unspecified atom stereocenters. The molecule has 16 heavy (non-hydrogen) atoms. The topological polar surface area (TPSA) is 93.5 Å². The van der Waals surface area contributed by atoms with Gasteiger partial charge in [-0.3, -0.25) is 5.21 Å². The van der Waals surface area contributed by atoms with Gasteiger partial charge in [0.25, 0.3) is 0 Å². The summed E-state index contributed by atoms with van der Waals surface area (Å²) in [5.74, 6) is 0.817. The molecule has 8 heteroatoms. The van der Waals surface area contributed by atoms with Gasteiger partial charge in [-0.25, -0.2) is 15.5 Å². The lowest BCUT2D eigenvalue weighted by Crippen LogP contribution is -2.45. The standard InChI is InChI=1S/C8H16N6O2/c15-14(8-11-3-1-2-4-12-8)16-13-7-9-5-6-10-7/h15H,1-6H2,(H,11,12)(H2,9,10,13). The third-order valence-electron chi connectivity index (χ3n) is 2.21. The van der Waals surface area contributed by atoms with E-state index in [4.69, 9.17) is 4.94 Å². The van der Waals surface area contributed by atoms with Crippen molar-refractivity contribution in [2.75, 3.05) is 26.2 Å². The zero-order chi connectivity index (χ0) is 11.2. The number of nitrogens with one attached hydrogen (secondary N) is 3. The first-order valence-corrected chi connectivity index (χ1v) is 5.35. The van der Waals surface area contributed by atoms with Gasteiger partial charge < -0.3 is 10.6 Å². The van der Waals surface area contributed by atoms with Crippen LogP contribution in [0.5, 0.6) is 0 Å². The molecule has 90 valence electrons. The maximum absolute atomic E-state index is 9.53. The molecule has 0 aromatic carbocycles. The molecule has 0 aromatic rings. The molecule has 2 aliphatic heterocycles. The Bertz CT molecular complexity index is 292.